The highest BCUT2D eigenvalue weighted by molar-refractivity contribution is 5.89. The van der Waals surface area contributed by atoms with Crippen molar-refractivity contribution in [1.82, 2.24) is 14.7 Å². The third kappa shape index (κ3) is 3.26. The van der Waals surface area contributed by atoms with E-state index < -0.39 is 0 Å². The van der Waals surface area contributed by atoms with E-state index in [9.17, 15) is 4.79 Å². The van der Waals surface area contributed by atoms with E-state index in [1.165, 1.54) is 0 Å². The Morgan fingerprint density at radius 1 is 1.50 bits per heavy atom. The summed E-state index contributed by atoms with van der Waals surface area (Å²) in [7, 11) is 0. The van der Waals surface area contributed by atoms with Crippen molar-refractivity contribution in [3.8, 4) is 0 Å². The van der Waals surface area contributed by atoms with Crippen LogP contribution in [-0.4, -0.2) is 20.6 Å². The summed E-state index contributed by atoms with van der Waals surface area (Å²) in [6, 6.07) is 1.75. The number of anilines is 1. The van der Waals surface area contributed by atoms with E-state index in [1.807, 2.05) is 38.5 Å². The van der Waals surface area contributed by atoms with Crippen LogP contribution in [0, 0.1) is 6.92 Å². The van der Waals surface area contributed by atoms with Crippen molar-refractivity contribution < 1.29 is 9.32 Å². The molecule has 2 rings (SSSR count). The highest BCUT2D eigenvalue weighted by Gasteiger charge is 2.12. The summed E-state index contributed by atoms with van der Waals surface area (Å²) in [5.74, 6) is 1.41. The number of rotatable bonds is 5. The fourth-order valence-corrected chi connectivity index (χ4v) is 1.97. The summed E-state index contributed by atoms with van der Waals surface area (Å²) in [6.07, 6.45) is 2.67. The molecule has 2 heterocycles. The van der Waals surface area contributed by atoms with Crippen LogP contribution < -0.4 is 5.32 Å². The Morgan fingerprint density at radius 3 is 2.85 bits per heavy atom. The maximum atomic E-state index is 12.0. The molecule has 0 radical (unpaired) electrons. The molecule has 0 spiro atoms. The molecule has 0 fully saturated rings. The predicted molar refractivity (Wildman–Crippen MR) is 75.6 cm³/mol. The van der Waals surface area contributed by atoms with Crippen molar-refractivity contribution >= 4 is 11.8 Å². The van der Waals surface area contributed by atoms with Gasteiger partial charge < -0.3 is 9.09 Å². The normalized spacial score (nSPS) is 11.1. The van der Waals surface area contributed by atoms with Gasteiger partial charge in [0.2, 0.25) is 11.8 Å². The number of aromatic nitrogens is 3. The van der Waals surface area contributed by atoms with E-state index in [0.29, 0.717) is 5.88 Å². The average molecular weight is 276 g/mol. The highest BCUT2D eigenvalue weighted by atomic mass is 16.5. The second-order valence-corrected chi connectivity index (χ2v) is 5.10. The van der Waals surface area contributed by atoms with E-state index in [-0.39, 0.29) is 18.4 Å². The van der Waals surface area contributed by atoms with Gasteiger partial charge in [-0.2, -0.15) is 0 Å². The molecule has 1 N–H and O–H groups in total. The van der Waals surface area contributed by atoms with E-state index in [4.69, 9.17) is 4.52 Å². The van der Waals surface area contributed by atoms with Gasteiger partial charge in [0, 0.05) is 18.7 Å². The molecule has 0 aliphatic rings. The summed E-state index contributed by atoms with van der Waals surface area (Å²) in [6.45, 7) is 8.19. The molecule has 2 aromatic rings. The zero-order chi connectivity index (χ0) is 14.7. The standard InChI is InChI=1S/C14H20N4O2/c1-5-12-15-10(4)7-18(12)8-13(19)16-14-6-11(9(2)3)17-20-14/h6-7,9H,5,8H2,1-4H3,(H,16,19). The minimum atomic E-state index is -0.149. The first-order chi connectivity index (χ1) is 9.49. The third-order valence-electron chi connectivity index (χ3n) is 2.99. The summed E-state index contributed by atoms with van der Waals surface area (Å²) >= 11 is 0. The highest BCUT2D eigenvalue weighted by Crippen LogP contribution is 2.17. The average Bonchev–Trinajstić information content (AvgIpc) is 2.96. The lowest BCUT2D eigenvalue weighted by molar-refractivity contribution is -0.116. The largest absolute Gasteiger partial charge is 0.338 e. The molecule has 2 aromatic heterocycles. The summed E-state index contributed by atoms with van der Waals surface area (Å²) in [4.78, 5) is 16.4. The first-order valence-corrected chi connectivity index (χ1v) is 6.78. The van der Waals surface area contributed by atoms with Crippen LogP contribution >= 0.6 is 0 Å². The Balaban J connectivity index is 2.01. The molecule has 0 bridgehead atoms. The number of carbonyl (C=O) groups excluding carboxylic acids is 1. The molecule has 0 aromatic carbocycles. The lowest BCUT2D eigenvalue weighted by Crippen LogP contribution is -2.19. The molecule has 0 aliphatic heterocycles. The van der Waals surface area contributed by atoms with Crippen molar-refractivity contribution in [3.05, 3.63) is 29.5 Å². The summed E-state index contributed by atoms with van der Waals surface area (Å²) in [5, 5.41) is 6.61. The van der Waals surface area contributed by atoms with Crippen LogP contribution in [0.5, 0.6) is 0 Å². The molecule has 1 amide bonds. The minimum absolute atomic E-state index is 0.149. The van der Waals surface area contributed by atoms with Crippen LogP contribution in [0.4, 0.5) is 5.88 Å². The van der Waals surface area contributed by atoms with Crippen LogP contribution in [0.3, 0.4) is 0 Å². The fraction of sp³-hybridized carbons (Fsp3) is 0.500. The van der Waals surface area contributed by atoms with Crippen molar-refractivity contribution in [2.24, 2.45) is 0 Å². The Morgan fingerprint density at radius 2 is 2.25 bits per heavy atom. The van der Waals surface area contributed by atoms with Gasteiger partial charge in [-0.3, -0.25) is 10.1 Å². The van der Waals surface area contributed by atoms with Crippen molar-refractivity contribution in [2.45, 2.75) is 46.6 Å². The van der Waals surface area contributed by atoms with Crippen LogP contribution in [0.1, 0.15) is 43.9 Å². The van der Waals surface area contributed by atoms with Crippen molar-refractivity contribution in [3.63, 3.8) is 0 Å². The number of amides is 1. The number of nitrogens with zero attached hydrogens (tertiary/aromatic N) is 3. The molecular formula is C14H20N4O2. The predicted octanol–water partition coefficient (Wildman–Crippen LogP) is 2.50. The zero-order valence-electron chi connectivity index (χ0n) is 12.3. The topological polar surface area (TPSA) is 73.0 Å². The minimum Gasteiger partial charge on any atom is -0.338 e. The third-order valence-corrected chi connectivity index (χ3v) is 2.99. The smallest absolute Gasteiger partial charge is 0.246 e. The molecule has 6 heteroatoms. The molecule has 20 heavy (non-hydrogen) atoms. The Kier molecular flexibility index (Phi) is 4.22. The molecule has 0 saturated heterocycles. The molecule has 108 valence electrons. The molecule has 6 nitrogen and oxygen atoms in total. The molecular weight excluding hydrogens is 256 g/mol. The van der Waals surface area contributed by atoms with Crippen LogP contribution in [0.25, 0.3) is 0 Å². The number of hydrogen-bond donors (Lipinski definition) is 1. The van der Waals surface area contributed by atoms with Gasteiger partial charge in [0.1, 0.15) is 12.4 Å². The number of imidazole rings is 1. The van der Waals surface area contributed by atoms with Gasteiger partial charge in [0.05, 0.1) is 11.4 Å². The molecule has 0 unspecified atom stereocenters. The van der Waals surface area contributed by atoms with E-state index in [1.54, 1.807) is 6.07 Å². The maximum Gasteiger partial charge on any atom is 0.246 e. The van der Waals surface area contributed by atoms with E-state index >= 15 is 0 Å². The van der Waals surface area contributed by atoms with Gasteiger partial charge >= 0.3 is 0 Å². The number of hydrogen-bond acceptors (Lipinski definition) is 4. The molecule has 0 saturated carbocycles. The lowest BCUT2D eigenvalue weighted by Gasteiger charge is -2.05. The quantitative estimate of drug-likeness (QED) is 0.910. The number of aryl methyl sites for hydroxylation is 2. The van der Waals surface area contributed by atoms with Crippen LogP contribution in [-0.2, 0) is 17.8 Å². The van der Waals surface area contributed by atoms with Gasteiger partial charge in [-0.1, -0.05) is 25.9 Å². The Labute approximate surface area is 118 Å². The second-order valence-electron chi connectivity index (χ2n) is 5.10. The van der Waals surface area contributed by atoms with E-state index in [2.05, 4.69) is 15.5 Å². The Bertz CT molecular complexity index is 598. The van der Waals surface area contributed by atoms with Crippen LogP contribution in [0.2, 0.25) is 0 Å². The summed E-state index contributed by atoms with van der Waals surface area (Å²) < 4.78 is 6.94. The van der Waals surface area contributed by atoms with Crippen molar-refractivity contribution in [1.29, 1.82) is 0 Å². The maximum absolute atomic E-state index is 12.0. The monoisotopic (exact) mass is 276 g/mol. The van der Waals surface area contributed by atoms with Gasteiger partial charge in [-0.15, -0.1) is 0 Å². The number of carbonyl (C=O) groups is 1. The van der Waals surface area contributed by atoms with Crippen LogP contribution in [0.15, 0.2) is 16.8 Å². The Hall–Kier alpha value is -2.11. The summed E-state index contributed by atoms with van der Waals surface area (Å²) in [5.41, 5.74) is 1.74. The molecule has 0 aliphatic carbocycles. The van der Waals surface area contributed by atoms with Gasteiger partial charge in [0.15, 0.2) is 0 Å². The fourth-order valence-electron chi connectivity index (χ4n) is 1.97. The SMILES string of the molecule is CCc1nc(C)cn1CC(=O)Nc1cc(C(C)C)no1. The first kappa shape index (κ1) is 14.3. The van der Waals surface area contributed by atoms with Gasteiger partial charge in [-0.25, -0.2) is 4.98 Å². The van der Waals surface area contributed by atoms with Gasteiger partial charge in [-0.05, 0) is 12.8 Å². The van der Waals surface area contributed by atoms with Crippen molar-refractivity contribution in [2.75, 3.05) is 5.32 Å². The number of nitrogens with one attached hydrogen (secondary N) is 1. The van der Waals surface area contributed by atoms with E-state index in [0.717, 1.165) is 23.6 Å². The second kappa shape index (κ2) is 5.90. The first-order valence-electron chi connectivity index (χ1n) is 6.78. The van der Waals surface area contributed by atoms with Gasteiger partial charge in [0.25, 0.3) is 0 Å². The zero-order valence-corrected chi connectivity index (χ0v) is 12.3. The molecule has 0 atom stereocenters. The lowest BCUT2D eigenvalue weighted by atomic mass is 10.1.